The molecule has 0 saturated carbocycles. The highest BCUT2D eigenvalue weighted by molar-refractivity contribution is 8.00. The maximum absolute atomic E-state index is 13.5. The summed E-state index contributed by atoms with van der Waals surface area (Å²) >= 11 is 1.14. The third kappa shape index (κ3) is 7.63. The Morgan fingerprint density at radius 2 is 1.65 bits per heavy atom. The molecule has 3 amide bonds. The number of β-lactam (4-membered cyclic amide) rings is 1. The molecule has 11 nitrogen and oxygen atoms in total. The van der Waals surface area contributed by atoms with Gasteiger partial charge in [-0.15, -0.1) is 11.8 Å². The minimum absolute atomic E-state index is 0.00848. The van der Waals surface area contributed by atoms with E-state index in [0.29, 0.717) is 11.1 Å². The van der Waals surface area contributed by atoms with Crippen molar-refractivity contribution < 1.29 is 38.6 Å². The lowest BCUT2D eigenvalue weighted by Crippen LogP contribution is -2.70. The molecule has 40 heavy (non-hydrogen) atoms. The van der Waals surface area contributed by atoms with Gasteiger partial charge in [-0.05, 0) is 30.5 Å². The summed E-state index contributed by atoms with van der Waals surface area (Å²) in [5.41, 5.74) is 1.41. The number of carboxylic acids is 1. The van der Waals surface area contributed by atoms with E-state index in [1.165, 1.54) is 7.11 Å². The summed E-state index contributed by atoms with van der Waals surface area (Å²) in [6, 6.07) is 15.2. The Hall–Kier alpha value is -4.32. The van der Waals surface area contributed by atoms with Gasteiger partial charge in [-0.2, -0.15) is 0 Å². The highest BCUT2D eigenvalue weighted by Gasteiger charge is 2.52. The van der Waals surface area contributed by atoms with Crippen LogP contribution in [0.15, 0.2) is 71.9 Å². The highest BCUT2D eigenvalue weighted by atomic mass is 32.2. The molecule has 3 rings (SSSR count). The molecule has 0 aromatic heterocycles. The number of carbonyl (C=O) groups excluding carboxylic acids is 4. The zero-order valence-electron chi connectivity index (χ0n) is 22.3. The van der Waals surface area contributed by atoms with E-state index >= 15 is 0 Å². The molecule has 212 valence electrons. The standard InChI is InChI=1S/C28H31N3O8S/c1-17(2)23(27(35)36)31-25(34)22(26(31)40-15-14-20(32)38-3)29-24(33)21(19-12-8-5-9-13-19)30-28(37)39-16-18-10-6-4-7-11-18/h4-13,21-22,26H,14-16H2,1-3H3,(H,29,33)(H,30,37)(H,35,36). The van der Waals surface area contributed by atoms with E-state index in [1.54, 1.807) is 68.4 Å². The number of ether oxygens (including phenoxy) is 2. The molecule has 1 aliphatic heterocycles. The van der Waals surface area contributed by atoms with E-state index < -0.39 is 47.3 Å². The van der Waals surface area contributed by atoms with Crippen molar-refractivity contribution in [1.29, 1.82) is 0 Å². The highest BCUT2D eigenvalue weighted by Crippen LogP contribution is 2.35. The molecule has 0 radical (unpaired) electrons. The van der Waals surface area contributed by atoms with Crippen LogP contribution >= 0.6 is 11.8 Å². The van der Waals surface area contributed by atoms with Crippen molar-refractivity contribution >= 4 is 41.6 Å². The molecule has 3 N–H and O–H groups in total. The van der Waals surface area contributed by atoms with Gasteiger partial charge in [0.15, 0.2) is 0 Å². The van der Waals surface area contributed by atoms with Crippen LogP contribution in [0.4, 0.5) is 4.79 Å². The predicted octanol–water partition coefficient (Wildman–Crippen LogP) is 2.98. The molecule has 1 heterocycles. The van der Waals surface area contributed by atoms with Crippen LogP contribution in [0.2, 0.25) is 0 Å². The number of nitrogens with zero attached hydrogens (tertiary/aromatic N) is 1. The summed E-state index contributed by atoms with van der Waals surface area (Å²) in [5.74, 6) is -2.85. The Morgan fingerprint density at radius 3 is 2.23 bits per heavy atom. The monoisotopic (exact) mass is 569 g/mol. The zero-order chi connectivity index (χ0) is 29.2. The summed E-state index contributed by atoms with van der Waals surface area (Å²) in [6.07, 6.45) is -0.810. The summed E-state index contributed by atoms with van der Waals surface area (Å²) in [5, 5.41) is 14.1. The number of rotatable bonds is 12. The maximum atomic E-state index is 13.5. The van der Waals surface area contributed by atoms with Gasteiger partial charge in [-0.3, -0.25) is 19.3 Å². The molecule has 1 saturated heterocycles. The molecular weight excluding hydrogens is 538 g/mol. The molecule has 3 unspecified atom stereocenters. The van der Waals surface area contributed by atoms with Crippen LogP contribution in [-0.2, 0) is 35.3 Å². The van der Waals surface area contributed by atoms with Gasteiger partial charge >= 0.3 is 18.0 Å². The van der Waals surface area contributed by atoms with E-state index in [-0.39, 0.29) is 24.5 Å². The molecule has 2 aromatic rings. The van der Waals surface area contributed by atoms with Crippen LogP contribution in [0, 0.1) is 0 Å². The molecule has 1 aliphatic rings. The second-order valence-corrected chi connectivity index (χ2v) is 10.2. The lowest BCUT2D eigenvalue weighted by Gasteiger charge is -2.47. The number of alkyl carbamates (subject to hydrolysis) is 1. The number of esters is 1. The fourth-order valence-electron chi connectivity index (χ4n) is 3.99. The largest absolute Gasteiger partial charge is 0.477 e. The predicted molar refractivity (Wildman–Crippen MR) is 147 cm³/mol. The van der Waals surface area contributed by atoms with Gasteiger partial charge in [0.25, 0.3) is 5.91 Å². The number of hydrogen-bond acceptors (Lipinski definition) is 8. The molecule has 0 spiro atoms. The van der Waals surface area contributed by atoms with E-state index in [4.69, 9.17) is 4.74 Å². The molecular formula is C28H31N3O8S. The Morgan fingerprint density at radius 1 is 1.02 bits per heavy atom. The van der Waals surface area contributed by atoms with Crippen LogP contribution < -0.4 is 10.6 Å². The maximum Gasteiger partial charge on any atom is 0.408 e. The topological polar surface area (TPSA) is 151 Å². The van der Waals surface area contributed by atoms with Gasteiger partial charge in [-0.1, -0.05) is 60.7 Å². The first-order chi connectivity index (χ1) is 19.1. The molecule has 0 aliphatic carbocycles. The molecule has 2 aromatic carbocycles. The number of thioether (sulfide) groups is 1. The summed E-state index contributed by atoms with van der Waals surface area (Å²) in [4.78, 5) is 63.9. The van der Waals surface area contributed by atoms with Gasteiger partial charge in [0.1, 0.15) is 29.8 Å². The fourth-order valence-corrected chi connectivity index (χ4v) is 5.25. The van der Waals surface area contributed by atoms with Crippen molar-refractivity contribution in [3.63, 3.8) is 0 Å². The number of aliphatic carboxylic acids is 1. The average molecular weight is 570 g/mol. The Kier molecular flexibility index (Phi) is 10.7. The third-order valence-electron chi connectivity index (χ3n) is 5.95. The number of amides is 3. The van der Waals surface area contributed by atoms with Crippen LogP contribution in [0.1, 0.15) is 37.4 Å². The normalized spacial score (nSPS) is 16.7. The van der Waals surface area contributed by atoms with Gasteiger partial charge in [0, 0.05) is 5.75 Å². The fraction of sp³-hybridized carbons (Fsp3) is 0.321. The number of nitrogens with one attached hydrogen (secondary N) is 2. The van der Waals surface area contributed by atoms with Gasteiger partial charge in [0.05, 0.1) is 13.5 Å². The van der Waals surface area contributed by atoms with Crippen molar-refractivity contribution in [2.24, 2.45) is 0 Å². The number of allylic oxidation sites excluding steroid dienone is 1. The lowest BCUT2D eigenvalue weighted by atomic mass is 10.0. The second kappa shape index (κ2) is 14.2. The van der Waals surface area contributed by atoms with Crippen molar-refractivity contribution in [3.8, 4) is 0 Å². The van der Waals surface area contributed by atoms with Gasteiger partial charge in [-0.25, -0.2) is 9.59 Å². The average Bonchev–Trinajstić information content (AvgIpc) is 2.95. The SMILES string of the molecule is COC(=O)CCSC1C(NC(=O)C(NC(=O)OCc2ccccc2)c2ccccc2)C(=O)N1C(C(=O)O)=C(C)C. The van der Waals surface area contributed by atoms with Crippen molar-refractivity contribution in [1.82, 2.24) is 15.5 Å². The van der Waals surface area contributed by atoms with Crippen molar-refractivity contribution in [2.75, 3.05) is 12.9 Å². The first-order valence-electron chi connectivity index (χ1n) is 12.4. The molecule has 12 heteroatoms. The van der Waals surface area contributed by atoms with Crippen molar-refractivity contribution in [2.45, 2.75) is 44.3 Å². The number of carbonyl (C=O) groups is 5. The minimum Gasteiger partial charge on any atom is -0.477 e. The van der Waals surface area contributed by atoms with E-state index in [1.807, 2.05) is 6.07 Å². The second-order valence-electron chi connectivity index (χ2n) is 8.99. The number of likely N-dealkylation sites (tertiary alicyclic amines) is 1. The van der Waals surface area contributed by atoms with E-state index in [0.717, 1.165) is 22.2 Å². The van der Waals surface area contributed by atoms with Crippen molar-refractivity contribution in [3.05, 3.63) is 83.1 Å². The van der Waals surface area contributed by atoms with Gasteiger partial charge < -0.3 is 25.2 Å². The number of carboxylic acid groups (broad SMARTS) is 1. The first-order valence-corrected chi connectivity index (χ1v) is 13.4. The lowest BCUT2D eigenvalue weighted by molar-refractivity contribution is -0.150. The number of hydrogen-bond donors (Lipinski definition) is 3. The van der Waals surface area contributed by atoms with Crippen LogP contribution in [0.25, 0.3) is 0 Å². The Labute approximate surface area is 235 Å². The van der Waals surface area contributed by atoms with Crippen LogP contribution in [0.5, 0.6) is 0 Å². The quantitative estimate of drug-likeness (QED) is 0.199. The molecule has 1 fully saturated rings. The zero-order valence-corrected chi connectivity index (χ0v) is 23.1. The minimum atomic E-state index is -1.29. The summed E-state index contributed by atoms with van der Waals surface area (Å²) < 4.78 is 9.94. The summed E-state index contributed by atoms with van der Waals surface area (Å²) in [6.45, 7) is 3.12. The molecule has 0 bridgehead atoms. The van der Waals surface area contributed by atoms with Crippen LogP contribution in [-0.4, -0.2) is 64.1 Å². The van der Waals surface area contributed by atoms with E-state index in [2.05, 4.69) is 15.4 Å². The number of methoxy groups -OCH3 is 1. The number of benzene rings is 2. The van der Waals surface area contributed by atoms with Crippen LogP contribution in [0.3, 0.4) is 0 Å². The Bertz CT molecular complexity index is 1260. The third-order valence-corrected chi connectivity index (χ3v) is 7.21. The Balaban J connectivity index is 1.78. The smallest absolute Gasteiger partial charge is 0.408 e. The molecule has 3 atom stereocenters. The first kappa shape index (κ1) is 30.2. The van der Waals surface area contributed by atoms with E-state index in [9.17, 15) is 29.1 Å². The summed E-state index contributed by atoms with van der Waals surface area (Å²) in [7, 11) is 1.25. The van der Waals surface area contributed by atoms with Gasteiger partial charge in [0.2, 0.25) is 5.91 Å².